The van der Waals surface area contributed by atoms with Crippen LogP contribution in [0.15, 0.2) is 48.0 Å². The zero-order valence-electron chi connectivity index (χ0n) is 17.2. The van der Waals surface area contributed by atoms with Crippen molar-refractivity contribution in [3.63, 3.8) is 0 Å². The first-order valence-corrected chi connectivity index (χ1v) is 15.4. The first-order valence-electron chi connectivity index (χ1n) is 10.5. The van der Waals surface area contributed by atoms with Gasteiger partial charge in [-0.2, -0.15) is 0 Å². The van der Waals surface area contributed by atoms with Gasteiger partial charge in [0.05, 0.1) is 0 Å². The van der Waals surface area contributed by atoms with Crippen LogP contribution in [0.2, 0.25) is 19.6 Å². The molecule has 0 radical (unpaired) electrons. The molecule has 2 aliphatic carbocycles. The van der Waals surface area contributed by atoms with Gasteiger partial charge in [0.15, 0.2) is 0 Å². The van der Waals surface area contributed by atoms with Gasteiger partial charge in [0, 0.05) is 0 Å². The Kier molecular flexibility index (Phi) is 5.27. The number of hydrogen-bond donors (Lipinski definition) is 0. The first-order chi connectivity index (χ1) is 12.8. The molecule has 1 atom stereocenters. The molecule has 0 heterocycles. The van der Waals surface area contributed by atoms with Crippen molar-refractivity contribution >= 4 is 19.3 Å². The van der Waals surface area contributed by atoms with Crippen LogP contribution in [0.5, 0.6) is 0 Å². The summed E-state index contributed by atoms with van der Waals surface area (Å²) in [7, 11) is -1.24. The SMILES string of the molecule is CCC1(CC2=Cc3c(-c4ccc([Si](C)(C)C)cc4)cccc3[CH]2[Zr])CCC1. The van der Waals surface area contributed by atoms with E-state index in [0.29, 0.717) is 9.04 Å². The second kappa shape index (κ2) is 7.27. The van der Waals surface area contributed by atoms with Crippen LogP contribution in [0, 0.1) is 5.41 Å². The van der Waals surface area contributed by atoms with Gasteiger partial charge in [-0.1, -0.05) is 0 Å². The third-order valence-corrected chi connectivity index (χ3v) is 10.7. The Morgan fingerprint density at radius 1 is 1.04 bits per heavy atom. The van der Waals surface area contributed by atoms with Crippen molar-refractivity contribution in [1.82, 2.24) is 0 Å². The summed E-state index contributed by atoms with van der Waals surface area (Å²) < 4.78 is 0.664. The Morgan fingerprint density at radius 3 is 2.30 bits per heavy atom. The second-order valence-electron chi connectivity index (χ2n) is 9.67. The van der Waals surface area contributed by atoms with E-state index in [0.717, 1.165) is 0 Å². The van der Waals surface area contributed by atoms with Gasteiger partial charge in [-0.3, -0.25) is 0 Å². The number of hydrogen-bond acceptors (Lipinski definition) is 0. The van der Waals surface area contributed by atoms with Crippen molar-refractivity contribution in [2.75, 3.05) is 0 Å². The Bertz CT molecular complexity index is 861. The first kappa shape index (κ1) is 19.6. The molecule has 0 nitrogen and oxygen atoms in total. The monoisotopic (exact) mass is 449 g/mol. The Morgan fingerprint density at radius 2 is 1.74 bits per heavy atom. The third kappa shape index (κ3) is 3.65. The van der Waals surface area contributed by atoms with E-state index < -0.39 is 8.07 Å². The van der Waals surface area contributed by atoms with Gasteiger partial charge in [0.25, 0.3) is 0 Å². The zero-order chi connectivity index (χ0) is 19.2. The van der Waals surface area contributed by atoms with Crippen LogP contribution in [0.3, 0.4) is 0 Å². The fourth-order valence-corrected chi connectivity index (χ4v) is 7.03. The fraction of sp³-hybridized carbons (Fsp3) is 0.440. The van der Waals surface area contributed by atoms with Gasteiger partial charge in [0.2, 0.25) is 0 Å². The molecule has 1 saturated carbocycles. The van der Waals surface area contributed by atoms with Crippen LogP contribution in [-0.4, -0.2) is 8.07 Å². The standard InChI is InChI=1S/C25H31Si.Zr/c1-5-25(14-7-15-25)18-19-16-21-8-6-9-23(24(21)17-19)20-10-12-22(13-11-20)26(2,3)4;/h6,8-13,16-17H,5,7,14-15,18H2,1-4H3;. The van der Waals surface area contributed by atoms with Crippen LogP contribution in [0.4, 0.5) is 0 Å². The van der Waals surface area contributed by atoms with Crippen molar-refractivity contribution < 1.29 is 24.7 Å². The van der Waals surface area contributed by atoms with Gasteiger partial charge < -0.3 is 0 Å². The zero-order valence-corrected chi connectivity index (χ0v) is 20.7. The van der Waals surface area contributed by atoms with Crippen LogP contribution >= 0.6 is 0 Å². The summed E-state index contributed by atoms with van der Waals surface area (Å²) in [5.41, 5.74) is 8.19. The van der Waals surface area contributed by atoms with E-state index in [1.165, 1.54) is 48.8 Å². The minimum atomic E-state index is -1.24. The molecular formula is C25H31SiZr. The van der Waals surface area contributed by atoms with Crippen LogP contribution in [-0.2, 0) is 24.7 Å². The minimum absolute atomic E-state index is 0.613. The summed E-state index contributed by atoms with van der Waals surface area (Å²) in [6.07, 6.45) is 9.53. The molecule has 0 saturated heterocycles. The van der Waals surface area contributed by atoms with Gasteiger partial charge in [-0.15, -0.1) is 0 Å². The quantitative estimate of drug-likeness (QED) is 0.437. The number of benzene rings is 2. The predicted octanol–water partition coefficient (Wildman–Crippen LogP) is 6.85. The Labute approximate surface area is 181 Å². The third-order valence-electron chi connectivity index (χ3n) is 6.96. The Balaban J connectivity index is 1.68. The fourth-order valence-electron chi connectivity index (χ4n) is 4.78. The van der Waals surface area contributed by atoms with Crippen molar-refractivity contribution in [2.45, 2.75) is 62.3 Å². The van der Waals surface area contributed by atoms with E-state index in [1.807, 2.05) is 0 Å². The summed E-state index contributed by atoms with van der Waals surface area (Å²) in [6, 6.07) is 16.4. The van der Waals surface area contributed by atoms with E-state index in [-0.39, 0.29) is 0 Å². The second-order valence-corrected chi connectivity index (χ2v) is 16.2. The molecule has 2 aliphatic rings. The van der Waals surface area contributed by atoms with Crippen LogP contribution in [0.1, 0.15) is 53.8 Å². The van der Waals surface area contributed by atoms with Crippen LogP contribution in [0.25, 0.3) is 17.2 Å². The molecule has 1 fully saturated rings. The van der Waals surface area contributed by atoms with Crippen molar-refractivity contribution in [2.24, 2.45) is 5.41 Å². The molecule has 2 heteroatoms. The normalized spacial score (nSPS) is 20.7. The number of allylic oxidation sites excluding steroid dienone is 1. The molecule has 2 aromatic carbocycles. The molecule has 0 spiro atoms. The molecule has 139 valence electrons. The number of fused-ring (bicyclic) bond motifs is 1. The number of rotatable bonds is 5. The summed E-state index contributed by atoms with van der Waals surface area (Å²) >= 11 is 1.64. The van der Waals surface area contributed by atoms with E-state index in [4.69, 9.17) is 0 Å². The van der Waals surface area contributed by atoms with Gasteiger partial charge >= 0.3 is 182 Å². The average molecular weight is 451 g/mol. The van der Waals surface area contributed by atoms with E-state index in [1.54, 1.807) is 41.0 Å². The topological polar surface area (TPSA) is 0 Å². The Hall–Kier alpha value is -0.720. The molecule has 2 aromatic rings. The van der Waals surface area contributed by atoms with Crippen LogP contribution < -0.4 is 5.19 Å². The summed E-state index contributed by atoms with van der Waals surface area (Å²) in [4.78, 5) is 0. The molecule has 27 heavy (non-hydrogen) atoms. The van der Waals surface area contributed by atoms with Gasteiger partial charge in [0.1, 0.15) is 0 Å². The van der Waals surface area contributed by atoms with Gasteiger partial charge in [-0.05, 0) is 0 Å². The van der Waals surface area contributed by atoms with E-state index in [9.17, 15) is 0 Å². The molecule has 0 N–H and O–H groups in total. The predicted molar refractivity (Wildman–Crippen MR) is 117 cm³/mol. The molecule has 0 amide bonds. The molecule has 1 unspecified atom stereocenters. The summed E-state index contributed by atoms with van der Waals surface area (Å²) in [5.74, 6) is 0. The molecule has 0 bridgehead atoms. The van der Waals surface area contributed by atoms with Crippen molar-refractivity contribution in [3.8, 4) is 11.1 Å². The molecule has 4 rings (SSSR count). The van der Waals surface area contributed by atoms with Gasteiger partial charge in [-0.25, -0.2) is 0 Å². The van der Waals surface area contributed by atoms with Crippen molar-refractivity contribution in [3.05, 3.63) is 59.2 Å². The maximum atomic E-state index is 2.56. The molecule has 0 aromatic heterocycles. The molecular weight excluding hydrogens is 420 g/mol. The summed E-state index contributed by atoms with van der Waals surface area (Å²) in [6.45, 7) is 9.66. The molecule has 0 aliphatic heterocycles. The van der Waals surface area contributed by atoms with E-state index >= 15 is 0 Å². The summed E-state index contributed by atoms with van der Waals surface area (Å²) in [5, 5.41) is 1.54. The maximum absolute atomic E-state index is 2.56. The van der Waals surface area contributed by atoms with E-state index in [2.05, 4.69) is 75.1 Å². The average Bonchev–Trinajstić information content (AvgIpc) is 2.93. The van der Waals surface area contributed by atoms with Crippen molar-refractivity contribution in [1.29, 1.82) is 0 Å².